The van der Waals surface area contributed by atoms with Gasteiger partial charge >= 0.3 is 0 Å². The largest absolute Gasteiger partial charge is 0.363 e. The van der Waals surface area contributed by atoms with Crippen LogP contribution in [0.25, 0.3) is 17.0 Å². The van der Waals surface area contributed by atoms with E-state index in [4.69, 9.17) is 0 Å². The highest BCUT2D eigenvalue weighted by molar-refractivity contribution is 5.72. The number of halogens is 1. The van der Waals surface area contributed by atoms with Gasteiger partial charge in [0.2, 0.25) is 0 Å². The molecule has 0 saturated heterocycles. The summed E-state index contributed by atoms with van der Waals surface area (Å²) in [5.41, 5.74) is 2.43. The first-order valence-electron chi connectivity index (χ1n) is 7.84. The van der Waals surface area contributed by atoms with Crippen LogP contribution in [0.4, 0.5) is 10.2 Å². The number of aromatic nitrogens is 5. The van der Waals surface area contributed by atoms with Crippen LogP contribution in [-0.2, 0) is 0 Å². The summed E-state index contributed by atoms with van der Waals surface area (Å²) >= 11 is 0. The van der Waals surface area contributed by atoms with Crippen molar-refractivity contribution < 1.29 is 5.82 Å². The second-order valence-electron chi connectivity index (χ2n) is 5.63. The molecule has 0 fully saturated rings. The van der Waals surface area contributed by atoms with Gasteiger partial charge in [-0.2, -0.15) is 5.10 Å². The molecular weight excluding hydrogens is 319 g/mol. The van der Waals surface area contributed by atoms with Crippen LogP contribution in [0.3, 0.4) is 0 Å². The molecule has 0 saturated carbocycles. The third kappa shape index (κ3) is 3.03. The average Bonchev–Trinajstić information content (AvgIpc) is 3.06. The Morgan fingerprint density at radius 2 is 1.96 bits per heavy atom. The fourth-order valence-electron chi connectivity index (χ4n) is 2.61. The van der Waals surface area contributed by atoms with Crippen molar-refractivity contribution in [2.45, 2.75) is 13.0 Å². The Morgan fingerprint density at radius 3 is 2.80 bits per heavy atom. The van der Waals surface area contributed by atoms with E-state index in [2.05, 4.69) is 25.4 Å². The smallest absolute Gasteiger partial charge is 0.166 e. The normalized spacial score (nSPS) is 12.2. The number of benzene rings is 1. The SMILES string of the molecule is C[C@H](Nc1ccnc(-c2cnn3cccnc23)n1)c1ccc(F)cc1.[HH]. The van der Waals surface area contributed by atoms with Crippen LogP contribution in [0, 0.1) is 5.82 Å². The van der Waals surface area contributed by atoms with Crippen LogP contribution in [0.1, 0.15) is 20.0 Å². The van der Waals surface area contributed by atoms with Crippen LogP contribution in [0.5, 0.6) is 0 Å². The lowest BCUT2D eigenvalue weighted by Crippen LogP contribution is -2.08. The van der Waals surface area contributed by atoms with Gasteiger partial charge in [-0.05, 0) is 36.8 Å². The number of fused-ring (bicyclic) bond motifs is 1. The summed E-state index contributed by atoms with van der Waals surface area (Å²) in [7, 11) is 0. The molecule has 0 aliphatic rings. The summed E-state index contributed by atoms with van der Waals surface area (Å²) in [5.74, 6) is 0.975. The zero-order chi connectivity index (χ0) is 17.2. The number of hydrogen-bond acceptors (Lipinski definition) is 5. The second kappa shape index (κ2) is 6.27. The molecule has 0 spiro atoms. The molecule has 0 radical (unpaired) electrons. The fourth-order valence-corrected chi connectivity index (χ4v) is 2.61. The van der Waals surface area contributed by atoms with Crippen LogP contribution in [0.2, 0.25) is 0 Å². The van der Waals surface area contributed by atoms with Crippen molar-refractivity contribution in [2.75, 3.05) is 5.32 Å². The van der Waals surface area contributed by atoms with E-state index < -0.39 is 0 Å². The Morgan fingerprint density at radius 1 is 1.12 bits per heavy atom. The summed E-state index contributed by atoms with van der Waals surface area (Å²) in [6.45, 7) is 1.99. The minimum atomic E-state index is -0.249. The second-order valence-corrected chi connectivity index (χ2v) is 5.63. The lowest BCUT2D eigenvalue weighted by atomic mass is 10.1. The highest BCUT2D eigenvalue weighted by Crippen LogP contribution is 2.22. The van der Waals surface area contributed by atoms with Crippen LogP contribution in [-0.4, -0.2) is 24.6 Å². The minimum absolute atomic E-state index is 0. The summed E-state index contributed by atoms with van der Waals surface area (Å²) < 4.78 is 14.7. The standard InChI is InChI=1S/C18H15FN6.H2/c1-12(13-3-5-14(19)6-4-13)23-16-7-9-20-17(24-16)15-11-22-25-10-2-8-21-18(15)25;/h2-12H,1H3,(H,20,23,24);1H/t12-;/m0./s1. The minimum Gasteiger partial charge on any atom is -0.363 e. The monoisotopic (exact) mass is 336 g/mol. The number of nitrogens with one attached hydrogen (secondary N) is 1. The van der Waals surface area contributed by atoms with Crippen LogP contribution >= 0.6 is 0 Å². The van der Waals surface area contributed by atoms with Crippen LogP contribution in [0.15, 0.2) is 61.2 Å². The third-order valence-electron chi connectivity index (χ3n) is 3.91. The van der Waals surface area contributed by atoms with Gasteiger partial charge in [0.05, 0.1) is 11.8 Å². The van der Waals surface area contributed by atoms with Gasteiger partial charge in [-0.15, -0.1) is 0 Å². The molecule has 25 heavy (non-hydrogen) atoms. The lowest BCUT2D eigenvalue weighted by Gasteiger charge is -2.15. The lowest BCUT2D eigenvalue weighted by molar-refractivity contribution is 0.626. The molecular formula is C18H17FN6. The highest BCUT2D eigenvalue weighted by Gasteiger charge is 2.12. The highest BCUT2D eigenvalue weighted by atomic mass is 19.1. The maximum absolute atomic E-state index is 13.1. The molecule has 0 unspecified atom stereocenters. The van der Waals surface area contributed by atoms with E-state index in [1.54, 1.807) is 41.3 Å². The molecule has 1 N–H and O–H groups in total. The molecule has 126 valence electrons. The third-order valence-corrected chi connectivity index (χ3v) is 3.91. The predicted octanol–water partition coefficient (Wildman–Crippen LogP) is 3.74. The van der Waals surface area contributed by atoms with Crippen molar-refractivity contribution >= 4 is 11.5 Å². The summed E-state index contributed by atoms with van der Waals surface area (Å²) in [5, 5.41) is 7.57. The molecule has 6 nitrogen and oxygen atoms in total. The maximum atomic E-state index is 13.1. The molecule has 3 heterocycles. The van der Waals surface area contributed by atoms with Gasteiger partial charge in [-0.3, -0.25) is 0 Å². The Bertz CT molecular complexity index is 1020. The Kier molecular flexibility index (Phi) is 3.81. The molecule has 0 aliphatic carbocycles. The Balaban J connectivity index is 0.00000196. The van der Waals surface area contributed by atoms with Gasteiger partial charge in [-0.25, -0.2) is 23.9 Å². The quantitative estimate of drug-likeness (QED) is 0.615. The molecule has 0 aliphatic heterocycles. The zero-order valence-electron chi connectivity index (χ0n) is 13.5. The van der Waals surface area contributed by atoms with Crippen molar-refractivity contribution in [1.82, 2.24) is 24.6 Å². The number of hydrogen-bond donors (Lipinski definition) is 1. The van der Waals surface area contributed by atoms with Crippen molar-refractivity contribution in [2.24, 2.45) is 0 Å². The summed E-state index contributed by atoms with van der Waals surface area (Å²) in [6, 6.07) is 9.99. The first kappa shape index (κ1) is 15.2. The van der Waals surface area contributed by atoms with E-state index in [1.807, 2.05) is 19.2 Å². The number of anilines is 1. The Hall–Kier alpha value is -3.35. The molecule has 4 aromatic rings. The number of rotatable bonds is 4. The van der Waals surface area contributed by atoms with E-state index in [0.717, 1.165) is 11.1 Å². The van der Waals surface area contributed by atoms with E-state index in [1.165, 1.54) is 12.1 Å². The predicted molar refractivity (Wildman–Crippen MR) is 94.6 cm³/mol. The maximum Gasteiger partial charge on any atom is 0.166 e. The van der Waals surface area contributed by atoms with Crippen molar-refractivity contribution in [3.8, 4) is 11.4 Å². The fraction of sp³-hybridized carbons (Fsp3) is 0.111. The van der Waals surface area contributed by atoms with Gasteiger partial charge < -0.3 is 5.32 Å². The zero-order valence-corrected chi connectivity index (χ0v) is 13.5. The van der Waals surface area contributed by atoms with Gasteiger partial charge in [-0.1, -0.05) is 12.1 Å². The summed E-state index contributed by atoms with van der Waals surface area (Å²) in [4.78, 5) is 13.2. The molecule has 1 aromatic carbocycles. The molecule has 7 heteroatoms. The first-order valence-corrected chi connectivity index (χ1v) is 7.84. The molecule has 4 rings (SSSR count). The van der Waals surface area contributed by atoms with Crippen molar-refractivity contribution in [3.63, 3.8) is 0 Å². The topological polar surface area (TPSA) is 68.0 Å². The van der Waals surface area contributed by atoms with E-state index >= 15 is 0 Å². The molecule has 0 amide bonds. The Labute approximate surface area is 144 Å². The van der Waals surface area contributed by atoms with E-state index in [-0.39, 0.29) is 13.3 Å². The van der Waals surface area contributed by atoms with Gasteiger partial charge in [0, 0.05) is 26.1 Å². The first-order chi connectivity index (χ1) is 12.2. The molecule has 0 bridgehead atoms. The van der Waals surface area contributed by atoms with Gasteiger partial charge in [0.25, 0.3) is 0 Å². The van der Waals surface area contributed by atoms with E-state index in [0.29, 0.717) is 17.3 Å². The average molecular weight is 336 g/mol. The van der Waals surface area contributed by atoms with E-state index in [9.17, 15) is 4.39 Å². The van der Waals surface area contributed by atoms with Gasteiger partial charge in [0.15, 0.2) is 11.5 Å². The van der Waals surface area contributed by atoms with Crippen LogP contribution < -0.4 is 5.32 Å². The van der Waals surface area contributed by atoms with Crippen molar-refractivity contribution in [1.29, 1.82) is 0 Å². The molecule has 1 atom stereocenters. The number of nitrogens with zero attached hydrogens (tertiary/aromatic N) is 5. The van der Waals surface area contributed by atoms with Gasteiger partial charge in [0.1, 0.15) is 11.6 Å². The molecule has 3 aromatic heterocycles. The van der Waals surface area contributed by atoms with Crippen molar-refractivity contribution in [3.05, 3.63) is 72.6 Å². The summed E-state index contributed by atoms with van der Waals surface area (Å²) in [6.07, 6.45) is 6.92.